The van der Waals surface area contributed by atoms with Crippen molar-refractivity contribution >= 4 is 11.9 Å². The van der Waals surface area contributed by atoms with Gasteiger partial charge in [-0.05, 0) is 57.9 Å². The number of rotatable bonds is 4. The van der Waals surface area contributed by atoms with Crippen molar-refractivity contribution in [2.75, 3.05) is 13.1 Å². The van der Waals surface area contributed by atoms with Gasteiger partial charge in [0.1, 0.15) is 0 Å². The normalized spacial score (nSPS) is 32.4. The van der Waals surface area contributed by atoms with E-state index in [0.717, 1.165) is 38.1 Å². The fourth-order valence-corrected chi connectivity index (χ4v) is 3.45. The van der Waals surface area contributed by atoms with Crippen molar-refractivity contribution in [2.45, 2.75) is 64.5 Å². The smallest absolute Gasteiger partial charge is 0.307 e. The van der Waals surface area contributed by atoms with Crippen LogP contribution in [0.2, 0.25) is 0 Å². The Morgan fingerprint density at radius 3 is 2.48 bits per heavy atom. The number of carbonyl (C=O) groups is 2. The van der Waals surface area contributed by atoms with Gasteiger partial charge in [-0.15, -0.1) is 0 Å². The molecular weight excluding hydrogens is 268 g/mol. The van der Waals surface area contributed by atoms with E-state index in [9.17, 15) is 9.59 Å². The number of aliphatic carboxylic acids is 1. The summed E-state index contributed by atoms with van der Waals surface area (Å²) in [7, 11) is 0. The van der Waals surface area contributed by atoms with Crippen LogP contribution >= 0.6 is 0 Å². The second-order valence-corrected chi connectivity index (χ2v) is 6.81. The molecule has 2 unspecified atom stereocenters. The average molecular weight is 296 g/mol. The quantitative estimate of drug-likeness (QED) is 0.831. The van der Waals surface area contributed by atoms with Gasteiger partial charge in [0.2, 0.25) is 5.91 Å². The summed E-state index contributed by atoms with van der Waals surface area (Å²) in [5.74, 6) is -0.243. The van der Waals surface area contributed by atoms with Gasteiger partial charge in [-0.1, -0.05) is 6.92 Å². The van der Waals surface area contributed by atoms with Gasteiger partial charge in [-0.2, -0.15) is 0 Å². The lowest BCUT2D eigenvalue weighted by Crippen LogP contribution is -2.52. The monoisotopic (exact) mass is 296 g/mol. The summed E-state index contributed by atoms with van der Waals surface area (Å²) in [5, 5.41) is 12.3. The van der Waals surface area contributed by atoms with Crippen LogP contribution in [-0.2, 0) is 9.59 Å². The van der Waals surface area contributed by atoms with Gasteiger partial charge in [-0.25, -0.2) is 0 Å². The van der Waals surface area contributed by atoms with E-state index in [-0.39, 0.29) is 17.9 Å². The predicted octanol–water partition coefficient (Wildman–Crippen LogP) is 1.87. The minimum Gasteiger partial charge on any atom is -0.481 e. The van der Waals surface area contributed by atoms with Crippen molar-refractivity contribution in [2.24, 2.45) is 11.8 Å². The highest BCUT2D eigenvalue weighted by atomic mass is 16.4. The Bertz CT molecular complexity index is 378. The molecule has 0 spiro atoms. The van der Waals surface area contributed by atoms with E-state index in [1.807, 2.05) is 11.8 Å². The van der Waals surface area contributed by atoms with E-state index in [4.69, 9.17) is 5.11 Å². The molecule has 1 aliphatic carbocycles. The van der Waals surface area contributed by atoms with Gasteiger partial charge in [-0.3, -0.25) is 14.5 Å². The number of likely N-dealkylation sites (tertiary alicyclic amines) is 1. The molecule has 1 saturated carbocycles. The summed E-state index contributed by atoms with van der Waals surface area (Å²) in [4.78, 5) is 25.5. The molecule has 0 aromatic rings. The van der Waals surface area contributed by atoms with E-state index in [0.29, 0.717) is 12.6 Å². The van der Waals surface area contributed by atoms with Crippen LogP contribution in [0.4, 0.5) is 0 Å². The first-order chi connectivity index (χ1) is 9.97. The molecule has 0 aromatic carbocycles. The lowest BCUT2D eigenvalue weighted by Gasteiger charge is -2.35. The summed E-state index contributed by atoms with van der Waals surface area (Å²) in [6.07, 6.45) is 6.08. The van der Waals surface area contributed by atoms with Gasteiger partial charge < -0.3 is 10.4 Å². The Balaban J connectivity index is 1.82. The van der Waals surface area contributed by atoms with E-state index in [2.05, 4.69) is 12.2 Å². The first-order valence-electron chi connectivity index (χ1n) is 8.24. The Morgan fingerprint density at radius 2 is 1.86 bits per heavy atom. The van der Waals surface area contributed by atoms with Crippen molar-refractivity contribution in [3.8, 4) is 0 Å². The third-order valence-electron chi connectivity index (χ3n) is 5.09. The van der Waals surface area contributed by atoms with Crippen LogP contribution in [0.3, 0.4) is 0 Å². The molecular formula is C16H28N2O3. The first kappa shape index (κ1) is 16.3. The Morgan fingerprint density at radius 1 is 1.19 bits per heavy atom. The van der Waals surface area contributed by atoms with Crippen molar-refractivity contribution in [3.63, 3.8) is 0 Å². The number of amides is 1. The molecule has 2 N–H and O–H groups in total. The minimum atomic E-state index is -0.742. The van der Waals surface area contributed by atoms with Gasteiger partial charge in [0.25, 0.3) is 0 Å². The number of hydrogen-bond acceptors (Lipinski definition) is 3. The van der Waals surface area contributed by atoms with Gasteiger partial charge >= 0.3 is 5.97 Å². The van der Waals surface area contributed by atoms with Crippen LogP contribution in [-0.4, -0.2) is 47.1 Å². The number of nitrogens with zero attached hydrogens (tertiary/aromatic N) is 1. The molecule has 1 saturated heterocycles. The Hall–Kier alpha value is -1.10. The second kappa shape index (κ2) is 7.25. The standard InChI is InChI=1S/C16H28N2O3/c1-11-5-7-14(8-6-11)17-15(19)12(2)18-9-3-4-13(10-18)16(20)21/h11-14H,3-10H2,1-2H3,(H,17,19)(H,20,21). The summed E-state index contributed by atoms with van der Waals surface area (Å²) in [6.45, 7) is 5.47. The lowest BCUT2D eigenvalue weighted by atomic mass is 9.87. The topological polar surface area (TPSA) is 69.6 Å². The molecule has 0 radical (unpaired) electrons. The first-order valence-corrected chi connectivity index (χ1v) is 8.24. The maximum absolute atomic E-state index is 12.4. The van der Waals surface area contributed by atoms with E-state index in [1.54, 1.807) is 0 Å². The van der Waals surface area contributed by atoms with Gasteiger partial charge in [0.05, 0.1) is 12.0 Å². The van der Waals surface area contributed by atoms with Crippen molar-refractivity contribution in [1.82, 2.24) is 10.2 Å². The molecule has 1 amide bonds. The van der Waals surface area contributed by atoms with Crippen molar-refractivity contribution in [1.29, 1.82) is 0 Å². The van der Waals surface area contributed by atoms with E-state index < -0.39 is 5.97 Å². The van der Waals surface area contributed by atoms with Crippen LogP contribution in [0, 0.1) is 11.8 Å². The zero-order valence-electron chi connectivity index (χ0n) is 13.2. The SMILES string of the molecule is CC1CCC(NC(=O)C(C)N2CCCC(C(=O)O)C2)CC1. The minimum absolute atomic E-state index is 0.0561. The van der Waals surface area contributed by atoms with Crippen LogP contribution < -0.4 is 5.32 Å². The third kappa shape index (κ3) is 4.43. The van der Waals surface area contributed by atoms with Gasteiger partial charge in [0, 0.05) is 12.6 Å². The van der Waals surface area contributed by atoms with Crippen LogP contribution in [0.15, 0.2) is 0 Å². The molecule has 0 aromatic heterocycles. The van der Waals surface area contributed by atoms with E-state index in [1.165, 1.54) is 12.8 Å². The zero-order valence-corrected chi connectivity index (χ0v) is 13.2. The Kier molecular flexibility index (Phi) is 5.62. The summed E-state index contributed by atoms with van der Waals surface area (Å²) in [5.41, 5.74) is 0. The molecule has 2 atom stereocenters. The Labute approximate surface area is 127 Å². The molecule has 21 heavy (non-hydrogen) atoms. The molecule has 120 valence electrons. The van der Waals surface area contributed by atoms with Gasteiger partial charge in [0.15, 0.2) is 0 Å². The summed E-state index contributed by atoms with van der Waals surface area (Å²) >= 11 is 0. The molecule has 1 heterocycles. The van der Waals surface area contributed by atoms with Crippen LogP contribution in [0.5, 0.6) is 0 Å². The number of nitrogens with one attached hydrogen (secondary N) is 1. The number of carbonyl (C=O) groups excluding carboxylic acids is 1. The van der Waals surface area contributed by atoms with Crippen LogP contribution in [0.1, 0.15) is 52.4 Å². The third-order valence-corrected chi connectivity index (χ3v) is 5.09. The number of piperidine rings is 1. The second-order valence-electron chi connectivity index (χ2n) is 6.81. The number of hydrogen-bond donors (Lipinski definition) is 2. The number of carboxylic acids is 1. The molecule has 5 heteroatoms. The fourth-order valence-electron chi connectivity index (χ4n) is 3.45. The maximum atomic E-state index is 12.4. The van der Waals surface area contributed by atoms with Crippen molar-refractivity contribution < 1.29 is 14.7 Å². The maximum Gasteiger partial charge on any atom is 0.307 e. The predicted molar refractivity (Wildman–Crippen MR) is 81.0 cm³/mol. The van der Waals surface area contributed by atoms with E-state index >= 15 is 0 Å². The van der Waals surface area contributed by atoms with Crippen LogP contribution in [0.25, 0.3) is 0 Å². The fraction of sp³-hybridized carbons (Fsp3) is 0.875. The average Bonchev–Trinajstić information content (AvgIpc) is 2.49. The lowest BCUT2D eigenvalue weighted by molar-refractivity contribution is -0.145. The highest BCUT2D eigenvalue weighted by Gasteiger charge is 2.31. The highest BCUT2D eigenvalue weighted by Crippen LogP contribution is 2.24. The largest absolute Gasteiger partial charge is 0.481 e. The molecule has 2 fully saturated rings. The number of carboxylic acid groups (broad SMARTS) is 1. The molecule has 2 aliphatic rings. The molecule has 0 bridgehead atoms. The van der Waals surface area contributed by atoms with Crippen molar-refractivity contribution in [3.05, 3.63) is 0 Å². The highest BCUT2D eigenvalue weighted by molar-refractivity contribution is 5.81. The molecule has 2 rings (SSSR count). The summed E-state index contributed by atoms with van der Waals surface area (Å²) < 4.78 is 0. The molecule has 5 nitrogen and oxygen atoms in total. The molecule has 1 aliphatic heterocycles. The summed E-state index contributed by atoms with van der Waals surface area (Å²) in [6, 6.07) is 0.0720. The zero-order chi connectivity index (χ0) is 15.4.